The maximum atomic E-state index is 12.5. The largest absolute Gasteiger partial charge is 0.385 e. The van der Waals surface area contributed by atoms with Crippen LogP contribution in [0.25, 0.3) is 17.1 Å². The monoisotopic (exact) mass is 442 g/mol. The van der Waals surface area contributed by atoms with Gasteiger partial charge >= 0.3 is 0 Å². The number of aryl methyl sites for hydroxylation is 2. The first kappa shape index (κ1) is 20.2. The lowest BCUT2D eigenvalue weighted by Gasteiger charge is -2.08. The van der Waals surface area contributed by atoms with Gasteiger partial charge in [0.25, 0.3) is 5.91 Å². The summed E-state index contributed by atoms with van der Waals surface area (Å²) in [6.45, 7) is 5.22. The summed E-state index contributed by atoms with van der Waals surface area (Å²) in [4.78, 5) is 17.0. The van der Waals surface area contributed by atoms with Gasteiger partial charge in [-0.05, 0) is 55.7 Å². The predicted molar refractivity (Wildman–Crippen MR) is 113 cm³/mol. The van der Waals surface area contributed by atoms with Crippen molar-refractivity contribution in [3.63, 3.8) is 0 Å². The number of hydrogen-bond donors (Lipinski definition) is 1. The van der Waals surface area contributed by atoms with Crippen LogP contribution in [0.1, 0.15) is 28.2 Å². The molecule has 0 aliphatic heterocycles. The second-order valence-electron chi connectivity index (χ2n) is 6.55. The van der Waals surface area contributed by atoms with Gasteiger partial charge in [0.05, 0.1) is 5.69 Å². The summed E-state index contributed by atoms with van der Waals surface area (Å²) in [6.07, 6.45) is 0.736. The van der Waals surface area contributed by atoms with Gasteiger partial charge in [0, 0.05) is 30.3 Å². The van der Waals surface area contributed by atoms with Gasteiger partial charge in [-0.15, -0.1) is 5.10 Å². The van der Waals surface area contributed by atoms with Gasteiger partial charge in [0.15, 0.2) is 5.82 Å². The summed E-state index contributed by atoms with van der Waals surface area (Å²) < 4.78 is 7.71. The van der Waals surface area contributed by atoms with E-state index in [-0.39, 0.29) is 11.7 Å². The average Bonchev–Trinajstić information content (AvgIpc) is 3.13. The van der Waals surface area contributed by atoms with Crippen molar-refractivity contribution in [3.05, 3.63) is 63.9 Å². The van der Waals surface area contributed by atoms with E-state index in [1.54, 1.807) is 11.8 Å². The van der Waals surface area contributed by atoms with Crippen molar-refractivity contribution in [1.82, 2.24) is 20.1 Å². The van der Waals surface area contributed by atoms with Crippen LogP contribution in [0.4, 0.5) is 0 Å². The quantitative estimate of drug-likeness (QED) is 0.559. The minimum Gasteiger partial charge on any atom is -0.385 e. The number of methoxy groups -OCH3 is 1. The molecule has 0 saturated carbocycles. The summed E-state index contributed by atoms with van der Waals surface area (Å²) >= 11 is 3.45. The fourth-order valence-electron chi connectivity index (χ4n) is 2.73. The maximum absolute atomic E-state index is 12.5. The second-order valence-corrected chi connectivity index (χ2v) is 7.46. The highest BCUT2D eigenvalue weighted by Gasteiger charge is 2.18. The lowest BCUT2D eigenvalue weighted by Crippen LogP contribution is -2.26. The number of rotatable bonds is 7. The molecule has 1 amide bonds. The molecule has 2 aromatic carbocycles. The topological polar surface area (TPSA) is 69.0 Å². The third-order valence-electron chi connectivity index (χ3n) is 4.46. The van der Waals surface area contributed by atoms with E-state index in [0.29, 0.717) is 19.0 Å². The smallest absolute Gasteiger partial charge is 0.290 e. The van der Waals surface area contributed by atoms with Gasteiger partial charge in [0.1, 0.15) is 0 Å². The summed E-state index contributed by atoms with van der Waals surface area (Å²) in [5.74, 6) is 0.475. The van der Waals surface area contributed by atoms with E-state index < -0.39 is 0 Å². The molecule has 28 heavy (non-hydrogen) atoms. The van der Waals surface area contributed by atoms with Crippen molar-refractivity contribution in [3.8, 4) is 17.1 Å². The molecular weight excluding hydrogens is 420 g/mol. The normalized spacial score (nSPS) is 10.9. The van der Waals surface area contributed by atoms with Crippen LogP contribution in [0.5, 0.6) is 0 Å². The van der Waals surface area contributed by atoms with Crippen molar-refractivity contribution in [2.45, 2.75) is 20.3 Å². The summed E-state index contributed by atoms with van der Waals surface area (Å²) in [5, 5.41) is 7.34. The first-order valence-electron chi connectivity index (χ1n) is 9.07. The molecule has 0 spiro atoms. The van der Waals surface area contributed by atoms with E-state index in [0.717, 1.165) is 27.7 Å². The molecule has 0 unspecified atom stereocenters. The van der Waals surface area contributed by atoms with Gasteiger partial charge in [0.2, 0.25) is 5.82 Å². The first-order valence-corrected chi connectivity index (χ1v) is 9.86. The Kier molecular flexibility index (Phi) is 6.59. The summed E-state index contributed by atoms with van der Waals surface area (Å²) in [7, 11) is 1.64. The SMILES string of the molecule is COCCCNC(=O)c1nc(-c2ccc(Br)cc2)n(-c2ccc(C)c(C)c2)n1. The molecular formula is C21H23BrN4O2. The average molecular weight is 443 g/mol. The van der Waals surface area contributed by atoms with Crippen molar-refractivity contribution in [2.75, 3.05) is 20.3 Å². The second kappa shape index (κ2) is 9.12. The standard InChI is InChI=1S/C21H23BrN4O2/c1-14-5-10-18(13-15(14)2)26-20(16-6-8-17(22)9-7-16)24-19(25-26)21(27)23-11-4-12-28-3/h5-10,13H,4,11-12H2,1-3H3,(H,23,27). The van der Waals surface area contributed by atoms with E-state index in [2.05, 4.69) is 45.2 Å². The van der Waals surface area contributed by atoms with E-state index in [1.807, 2.05) is 42.5 Å². The van der Waals surface area contributed by atoms with Crippen LogP contribution in [-0.4, -0.2) is 40.9 Å². The third-order valence-corrected chi connectivity index (χ3v) is 4.99. The first-order chi connectivity index (χ1) is 13.5. The maximum Gasteiger partial charge on any atom is 0.290 e. The van der Waals surface area contributed by atoms with Gasteiger partial charge < -0.3 is 10.1 Å². The van der Waals surface area contributed by atoms with Gasteiger partial charge in [-0.1, -0.05) is 34.1 Å². The number of ether oxygens (including phenoxy) is 1. The Morgan fingerprint density at radius 2 is 1.89 bits per heavy atom. The number of benzene rings is 2. The lowest BCUT2D eigenvalue weighted by atomic mass is 10.1. The zero-order valence-corrected chi connectivity index (χ0v) is 17.8. The molecule has 3 rings (SSSR count). The Morgan fingerprint density at radius 1 is 1.14 bits per heavy atom. The van der Waals surface area contributed by atoms with Crippen LogP contribution in [0.2, 0.25) is 0 Å². The molecule has 6 nitrogen and oxygen atoms in total. The number of aromatic nitrogens is 3. The third kappa shape index (κ3) is 4.66. The number of halogens is 1. The molecule has 0 fully saturated rings. The van der Waals surface area contributed by atoms with E-state index >= 15 is 0 Å². The Morgan fingerprint density at radius 3 is 2.57 bits per heavy atom. The molecule has 0 atom stereocenters. The molecule has 0 aliphatic carbocycles. The van der Waals surface area contributed by atoms with E-state index in [9.17, 15) is 4.79 Å². The highest BCUT2D eigenvalue weighted by molar-refractivity contribution is 9.10. The molecule has 1 heterocycles. The van der Waals surface area contributed by atoms with E-state index in [1.165, 1.54) is 5.56 Å². The van der Waals surface area contributed by atoms with Crippen LogP contribution < -0.4 is 5.32 Å². The predicted octanol–water partition coefficient (Wildman–Crippen LogP) is 4.08. The molecule has 0 radical (unpaired) electrons. The zero-order chi connectivity index (χ0) is 20.1. The van der Waals surface area contributed by atoms with Crippen LogP contribution in [-0.2, 0) is 4.74 Å². The van der Waals surface area contributed by atoms with Crippen LogP contribution >= 0.6 is 15.9 Å². The van der Waals surface area contributed by atoms with Gasteiger partial charge in [-0.3, -0.25) is 4.79 Å². The summed E-state index contributed by atoms with van der Waals surface area (Å²) in [6, 6.07) is 13.9. The number of nitrogens with zero attached hydrogens (tertiary/aromatic N) is 3. The Bertz CT molecular complexity index is 967. The van der Waals surface area contributed by atoms with E-state index in [4.69, 9.17) is 4.74 Å². The minimum absolute atomic E-state index is 0.147. The lowest BCUT2D eigenvalue weighted by molar-refractivity contribution is 0.0938. The highest BCUT2D eigenvalue weighted by Crippen LogP contribution is 2.24. The van der Waals surface area contributed by atoms with Crippen molar-refractivity contribution in [1.29, 1.82) is 0 Å². The zero-order valence-electron chi connectivity index (χ0n) is 16.2. The number of carbonyl (C=O) groups excluding carboxylic acids is 1. The molecule has 1 N–H and O–H groups in total. The van der Waals surface area contributed by atoms with Gasteiger partial charge in [-0.25, -0.2) is 9.67 Å². The fourth-order valence-corrected chi connectivity index (χ4v) is 2.99. The fraction of sp³-hybridized carbons (Fsp3) is 0.286. The highest BCUT2D eigenvalue weighted by atomic mass is 79.9. The molecule has 7 heteroatoms. The Balaban J connectivity index is 1.98. The molecule has 0 bridgehead atoms. The van der Waals surface area contributed by atoms with Crippen LogP contribution in [0, 0.1) is 13.8 Å². The Labute approximate surface area is 173 Å². The van der Waals surface area contributed by atoms with Crippen molar-refractivity contribution < 1.29 is 9.53 Å². The summed E-state index contributed by atoms with van der Waals surface area (Å²) in [5.41, 5.74) is 4.10. The number of hydrogen-bond acceptors (Lipinski definition) is 4. The number of nitrogens with one attached hydrogen (secondary N) is 1. The van der Waals surface area contributed by atoms with Crippen LogP contribution in [0.15, 0.2) is 46.9 Å². The van der Waals surface area contributed by atoms with Gasteiger partial charge in [-0.2, -0.15) is 0 Å². The Hall–Kier alpha value is -2.51. The molecule has 3 aromatic rings. The molecule has 1 aromatic heterocycles. The van der Waals surface area contributed by atoms with Crippen molar-refractivity contribution >= 4 is 21.8 Å². The van der Waals surface area contributed by atoms with Crippen LogP contribution in [0.3, 0.4) is 0 Å². The molecule has 0 saturated heterocycles. The number of amides is 1. The molecule has 0 aliphatic rings. The van der Waals surface area contributed by atoms with Crippen molar-refractivity contribution in [2.24, 2.45) is 0 Å². The number of carbonyl (C=O) groups is 1. The minimum atomic E-state index is -0.294. The molecule has 146 valence electrons.